The highest BCUT2D eigenvalue weighted by atomic mass is 19.4. The number of benzene rings is 1. The molecular formula is C18H26F3N3O. The molecule has 4 nitrogen and oxygen atoms in total. The van der Waals surface area contributed by atoms with Gasteiger partial charge in [0.2, 0.25) is 5.91 Å². The van der Waals surface area contributed by atoms with Crippen LogP contribution in [0.25, 0.3) is 0 Å². The summed E-state index contributed by atoms with van der Waals surface area (Å²) in [4.78, 5) is 16.0. The molecule has 1 aliphatic rings. The Labute approximate surface area is 147 Å². The fraction of sp³-hybridized carbons (Fsp3) is 0.611. The number of carbonyl (C=O) groups is 1. The van der Waals surface area contributed by atoms with Gasteiger partial charge in [0.05, 0.1) is 12.1 Å². The summed E-state index contributed by atoms with van der Waals surface area (Å²) in [5.41, 5.74) is -0.0489. The molecule has 2 rings (SSSR count). The van der Waals surface area contributed by atoms with E-state index in [1.54, 1.807) is 6.07 Å². The first kappa shape index (κ1) is 19.6. The van der Waals surface area contributed by atoms with Crippen molar-refractivity contribution in [2.45, 2.75) is 38.9 Å². The Morgan fingerprint density at radius 1 is 1.24 bits per heavy atom. The van der Waals surface area contributed by atoms with E-state index in [0.29, 0.717) is 38.4 Å². The first-order valence-corrected chi connectivity index (χ1v) is 8.73. The second-order valence-corrected chi connectivity index (χ2v) is 6.57. The maximum absolute atomic E-state index is 12.8. The maximum atomic E-state index is 12.8. The van der Waals surface area contributed by atoms with Crippen molar-refractivity contribution in [3.8, 4) is 0 Å². The minimum Gasteiger partial charge on any atom is -0.369 e. The predicted octanol–water partition coefficient (Wildman–Crippen LogP) is 3.13. The topological polar surface area (TPSA) is 35.6 Å². The zero-order valence-electron chi connectivity index (χ0n) is 14.8. The Hall–Kier alpha value is -1.76. The normalized spacial score (nSPS) is 17.4. The van der Waals surface area contributed by atoms with Gasteiger partial charge in [0.25, 0.3) is 0 Å². The van der Waals surface area contributed by atoms with Crippen LogP contribution in [0.5, 0.6) is 0 Å². The first-order chi connectivity index (χ1) is 11.8. The van der Waals surface area contributed by atoms with Crippen LogP contribution in [-0.4, -0.2) is 49.6 Å². The third-order valence-corrected chi connectivity index (χ3v) is 4.41. The largest absolute Gasteiger partial charge is 0.416 e. The summed E-state index contributed by atoms with van der Waals surface area (Å²) in [6, 6.07) is 5.58. The lowest BCUT2D eigenvalue weighted by Gasteiger charge is -2.36. The van der Waals surface area contributed by atoms with E-state index < -0.39 is 11.7 Å². The third-order valence-electron chi connectivity index (χ3n) is 4.41. The molecule has 1 atom stereocenters. The van der Waals surface area contributed by atoms with Crippen molar-refractivity contribution >= 4 is 11.6 Å². The van der Waals surface area contributed by atoms with Crippen molar-refractivity contribution in [1.29, 1.82) is 0 Å². The van der Waals surface area contributed by atoms with Gasteiger partial charge in [-0.1, -0.05) is 19.4 Å². The molecule has 0 bridgehead atoms. The summed E-state index contributed by atoms with van der Waals surface area (Å²) in [6.45, 7) is 6.95. The van der Waals surface area contributed by atoms with Crippen LogP contribution >= 0.6 is 0 Å². The number of carbonyl (C=O) groups excluding carboxylic acids is 1. The minimum atomic E-state index is -4.33. The number of amides is 1. The van der Waals surface area contributed by atoms with Gasteiger partial charge in [-0.25, -0.2) is 0 Å². The average Bonchev–Trinajstić information content (AvgIpc) is 2.55. The summed E-state index contributed by atoms with van der Waals surface area (Å²) < 4.78 is 38.5. The molecular weight excluding hydrogens is 331 g/mol. The molecule has 0 radical (unpaired) electrons. The van der Waals surface area contributed by atoms with E-state index in [0.717, 1.165) is 18.9 Å². The molecule has 0 aliphatic carbocycles. The van der Waals surface area contributed by atoms with Crippen LogP contribution in [0.3, 0.4) is 0 Å². The molecule has 1 saturated heterocycles. The van der Waals surface area contributed by atoms with Gasteiger partial charge in [-0.05, 0) is 31.5 Å². The van der Waals surface area contributed by atoms with Crippen LogP contribution in [0.4, 0.5) is 18.9 Å². The zero-order chi connectivity index (χ0) is 18.4. The molecule has 0 aromatic heterocycles. The number of alkyl halides is 3. The summed E-state index contributed by atoms with van der Waals surface area (Å²) in [6.07, 6.45) is -2.35. The molecule has 1 aliphatic heterocycles. The Bertz CT molecular complexity index is 569. The highest BCUT2D eigenvalue weighted by molar-refractivity contribution is 5.78. The van der Waals surface area contributed by atoms with Gasteiger partial charge in [0.1, 0.15) is 0 Å². The summed E-state index contributed by atoms with van der Waals surface area (Å²) >= 11 is 0. The van der Waals surface area contributed by atoms with Gasteiger partial charge in [-0.2, -0.15) is 13.2 Å². The van der Waals surface area contributed by atoms with Crippen LogP contribution in [0, 0.1) is 0 Å². The SMILES string of the molecule is CCC[C@@H](C)NC(=O)CN1CCN(c2cccc(C(F)(F)F)c2)CC1. The van der Waals surface area contributed by atoms with Gasteiger partial charge in [0, 0.05) is 37.9 Å². The number of halogens is 3. The second-order valence-electron chi connectivity index (χ2n) is 6.57. The standard InChI is InChI=1S/C18H26F3N3O/c1-3-5-14(2)22-17(25)13-23-8-10-24(11-9-23)16-7-4-6-15(12-16)18(19,20)21/h4,6-7,12,14H,3,5,8-11,13H2,1-2H3,(H,22,25)/t14-/m1/s1. The van der Waals surface area contributed by atoms with Crippen LogP contribution in [-0.2, 0) is 11.0 Å². The maximum Gasteiger partial charge on any atom is 0.416 e. The highest BCUT2D eigenvalue weighted by Gasteiger charge is 2.31. The average molecular weight is 357 g/mol. The van der Waals surface area contributed by atoms with E-state index in [-0.39, 0.29) is 11.9 Å². The molecule has 1 heterocycles. The molecule has 1 aromatic rings. The fourth-order valence-corrected chi connectivity index (χ4v) is 3.07. The Morgan fingerprint density at radius 3 is 2.52 bits per heavy atom. The molecule has 0 spiro atoms. The number of rotatable bonds is 6. The molecule has 25 heavy (non-hydrogen) atoms. The smallest absolute Gasteiger partial charge is 0.369 e. The van der Waals surface area contributed by atoms with Crippen molar-refractivity contribution in [2.24, 2.45) is 0 Å². The van der Waals surface area contributed by atoms with E-state index in [2.05, 4.69) is 12.2 Å². The van der Waals surface area contributed by atoms with Crippen LogP contribution in [0.15, 0.2) is 24.3 Å². The summed E-state index contributed by atoms with van der Waals surface area (Å²) in [5.74, 6) is 0.00784. The summed E-state index contributed by atoms with van der Waals surface area (Å²) in [7, 11) is 0. The number of anilines is 1. The molecule has 1 aromatic carbocycles. The number of nitrogens with one attached hydrogen (secondary N) is 1. The van der Waals surface area contributed by atoms with Gasteiger partial charge < -0.3 is 10.2 Å². The monoisotopic (exact) mass is 357 g/mol. The van der Waals surface area contributed by atoms with Crippen molar-refractivity contribution in [3.63, 3.8) is 0 Å². The fourth-order valence-electron chi connectivity index (χ4n) is 3.07. The number of hydrogen-bond donors (Lipinski definition) is 1. The second kappa shape index (κ2) is 8.56. The quantitative estimate of drug-likeness (QED) is 0.850. The molecule has 7 heteroatoms. The molecule has 0 unspecified atom stereocenters. The zero-order valence-corrected chi connectivity index (χ0v) is 14.8. The highest BCUT2D eigenvalue weighted by Crippen LogP contribution is 2.31. The molecule has 1 N–H and O–H groups in total. The Morgan fingerprint density at radius 2 is 1.92 bits per heavy atom. The third kappa shape index (κ3) is 5.92. The number of nitrogens with zero attached hydrogens (tertiary/aromatic N) is 2. The van der Waals surface area contributed by atoms with Gasteiger partial charge in [0.15, 0.2) is 0 Å². The van der Waals surface area contributed by atoms with Crippen molar-refractivity contribution in [2.75, 3.05) is 37.6 Å². The lowest BCUT2D eigenvalue weighted by molar-refractivity contribution is -0.137. The minimum absolute atomic E-state index is 0.00784. The lowest BCUT2D eigenvalue weighted by Crippen LogP contribution is -2.50. The predicted molar refractivity (Wildman–Crippen MR) is 92.6 cm³/mol. The van der Waals surface area contributed by atoms with E-state index in [9.17, 15) is 18.0 Å². The van der Waals surface area contributed by atoms with Gasteiger partial charge >= 0.3 is 6.18 Å². The van der Waals surface area contributed by atoms with E-state index in [4.69, 9.17) is 0 Å². The molecule has 140 valence electrons. The number of piperazine rings is 1. The Balaban J connectivity index is 1.84. The first-order valence-electron chi connectivity index (χ1n) is 8.73. The van der Waals surface area contributed by atoms with E-state index >= 15 is 0 Å². The van der Waals surface area contributed by atoms with Crippen molar-refractivity contribution in [3.05, 3.63) is 29.8 Å². The van der Waals surface area contributed by atoms with Crippen LogP contribution < -0.4 is 10.2 Å². The number of hydrogen-bond acceptors (Lipinski definition) is 3. The molecule has 1 fully saturated rings. The Kier molecular flexibility index (Phi) is 6.70. The van der Waals surface area contributed by atoms with Crippen molar-refractivity contribution in [1.82, 2.24) is 10.2 Å². The van der Waals surface area contributed by atoms with Crippen molar-refractivity contribution < 1.29 is 18.0 Å². The molecule has 1 amide bonds. The van der Waals surface area contributed by atoms with E-state index in [1.807, 2.05) is 16.7 Å². The van der Waals surface area contributed by atoms with Gasteiger partial charge in [-0.15, -0.1) is 0 Å². The van der Waals surface area contributed by atoms with Crippen LogP contribution in [0.2, 0.25) is 0 Å². The van der Waals surface area contributed by atoms with Gasteiger partial charge in [-0.3, -0.25) is 9.69 Å². The lowest BCUT2D eigenvalue weighted by atomic mass is 10.1. The summed E-state index contributed by atoms with van der Waals surface area (Å²) in [5, 5.41) is 2.98. The van der Waals surface area contributed by atoms with Crippen LogP contribution in [0.1, 0.15) is 32.3 Å². The molecule has 0 saturated carbocycles. The van der Waals surface area contributed by atoms with E-state index in [1.165, 1.54) is 12.1 Å².